The van der Waals surface area contributed by atoms with Gasteiger partial charge in [-0.25, -0.2) is 9.18 Å². The predicted octanol–water partition coefficient (Wildman–Crippen LogP) is 5.18. The second kappa shape index (κ2) is 9.96. The maximum absolute atomic E-state index is 14.8. The van der Waals surface area contributed by atoms with Crippen molar-refractivity contribution >= 4 is 12.0 Å². The van der Waals surface area contributed by atoms with Crippen molar-refractivity contribution in [1.82, 2.24) is 4.90 Å². The monoisotopic (exact) mass is 522 g/mol. The molecule has 2 amide bonds. The van der Waals surface area contributed by atoms with Gasteiger partial charge in [0, 0.05) is 23.1 Å². The number of alkyl halides is 3. The van der Waals surface area contributed by atoms with Crippen molar-refractivity contribution < 1.29 is 37.0 Å². The summed E-state index contributed by atoms with van der Waals surface area (Å²) in [5, 5.41) is 9.92. The van der Waals surface area contributed by atoms with Gasteiger partial charge in [-0.05, 0) is 74.8 Å². The van der Waals surface area contributed by atoms with Crippen LogP contribution in [0.25, 0.3) is 0 Å². The van der Waals surface area contributed by atoms with Crippen molar-refractivity contribution in [2.45, 2.75) is 74.7 Å². The van der Waals surface area contributed by atoms with Gasteiger partial charge < -0.3 is 20.5 Å². The highest BCUT2D eigenvalue weighted by Gasteiger charge is 2.51. The van der Waals surface area contributed by atoms with Crippen molar-refractivity contribution in [3.05, 3.63) is 71.0 Å². The standard InChI is InChI=1S/C27H30F4N2O4/c1-25(36,27(29,30)31)18-8-6-17(7-9-18)23(34)33(19-10-11-19)20-12-14-26(15-13-20,16-37-24(32)35)21-4-2-3-5-22(21)28/h2-9,19-20,36H,10-16H2,1H3,(H2,32,35)/t20?,25-,26?/m1/s1. The lowest BCUT2D eigenvalue weighted by molar-refractivity contribution is -0.258. The number of amides is 2. The summed E-state index contributed by atoms with van der Waals surface area (Å²) >= 11 is 0. The number of halogens is 4. The Hall–Kier alpha value is -3.14. The lowest BCUT2D eigenvalue weighted by Crippen LogP contribution is -2.48. The largest absolute Gasteiger partial charge is 0.449 e. The summed E-state index contributed by atoms with van der Waals surface area (Å²) in [6, 6.07) is 11.0. The number of aliphatic hydroxyl groups is 1. The van der Waals surface area contributed by atoms with E-state index in [-0.39, 0.29) is 35.7 Å². The summed E-state index contributed by atoms with van der Waals surface area (Å²) in [6.45, 7) is 0.597. The van der Waals surface area contributed by atoms with Gasteiger partial charge in [-0.1, -0.05) is 30.3 Å². The van der Waals surface area contributed by atoms with Crippen LogP contribution in [0.2, 0.25) is 0 Å². The Morgan fingerprint density at radius 1 is 1.03 bits per heavy atom. The second-order valence-corrected chi connectivity index (χ2v) is 10.2. The van der Waals surface area contributed by atoms with Crippen LogP contribution in [0.1, 0.15) is 66.9 Å². The molecule has 0 heterocycles. The third-order valence-corrected chi connectivity index (χ3v) is 7.66. The minimum absolute atomic E-state index is 0.0262. The van der Waals surface area contributed by atoms with E-state index >= 15 is 0 Å². The Morgan fingerprint density at radius 2 is 1.59 bits per heavy atom. The van der Waals surface area contributed by atoms with Crippen LogP contribution in [-0.2, 0) is 15.8 Å². The molecule has 2 aromatic carbocycles. The zero-order valence-corrected chi connectivity index (χ0v) is 20.4. The lowest BCUT2D eigenvalue weighted by atomic mass is 9.68. The molecular formula is C27H30F4N2O4. The normalized spacial score (nSPS) is 23.7. The molecule has 0 saturated heterocycles. The van der Waals surface area contributed by atoms with E-state index in [0.717, 1.165) is 25.0 Å². The highest BCUT2D eigenvalue weighted by atomic mass is 19.4. The average molecular weight is 523 g/mol. The number of hydrogen-bond acceptors (Lipinski definition) is 4. The number of carbonyl (C=O) groups is 2. The zero-order valence-electron chi connectivity index (χ0n) is 20.4. The molecule has 2 aliphatic rings. The fourth-order valence-corrected chi connectivity index (χ4v) is 5.26. The first-order chi connectivity index (χ1) is 17.4. The Labute approximate surface area is 212 Å². The molecule has 2 fully saturated rings. The van der Waals surface area contributed by atoms with Crippen LogP contribution in [-0.4, -0.2) is 46.9 Å². The second-order valence-electron chi connectivity index (χ2n) is 10.2. The molecule has 0 unspecified atom stereocenters. The summed E-state index contributed by atoms with van der Waals surface area (Å²) < 4.78 is 59.4. The van der Waals surface area contributed by atoms with E-state index in [1.54, 1.807) is 23.1 Å². The number of nitrogens with zero attached hydrogens (tertiary/aromatic N) is 1. The van der Waals surface area contributed by atoms with Crippen LogP contribution < -0.4 is 5.73 Å². The van der Waals surface area contributed by atoms with E-state index in [9.17, 15) is 32.3 Å². The SMILES string of the molecule is C[C@@](O)(c1ccc(C(=O)N(C2CC2)C2CCC(COC(N)=O)(c3ccccc3F)CC2)cc1)C(F)(F)F. The average Bonchev–Trinajstić information content (AvgIpc) is 3.68. The summed E-state index contributed by atoms with van der Waals surface area (Å²) in [4.78, 5) is 26.6. The maximum Gasteiger partial charge on any atom is 0.421 e. The molecule has 3 N–H and O–H groups in total. The van der Waals surface area contributed by atoms with Crippen molar-refractivity contribution in [3.63, 3.8) is 0 Å². The van der Waals surface area contributed by atoms with E-state index in [4.69, 9.17) is 10.5 Å². The number of benzene rings is 2. The first-order valence-corrected chi connectivity index (χ1v) is 12.3. The number of carbonyl (C=O) groups excluding carboxylic acids is 2. The molecule has 0 spiro atoms. The van der Waals surface area contributed by atoms with Crippen molar-refractivity contribution in [3.8, 4) is 0 Å². The predicted molar refractivity (Wildman–Crippen MR) is 127 cm³/mol. The summed E-state index contributed by atoms with van der Waals surface area (Å²) in [5.74, 6) is -0.698. The van der Waals surface area contributed by atoms with Gasteiger partial charge in [-0.3, -0.25) is 4.79 Å². The van der Waals surface area contributed by atoms with Crippen molar-refractivity contribution in [1.29, 1.82) is 0 Å². The quantitative estimate of drug-likeness (QED) is 0.491. The summed E-state index contributed by atoms with van der Waals surface area (Å²) in [6.07, 6.45) is -2.19. The van der Waals surface area contributed by atoms with Crippen LogP contribution in [0, 0.1) is 5.82 Å². The smallest absolute Gasteiger partial charge is 0.421 e. The third kappa shape index (κ3) is 5.44. The highest BCUT2D eigenvalue weighted by Crippen LogP contribution is 2.45. The first kappa shape index (κ1) is 26.9. The van der Waals surface area contributed by atoms with E-state index in [1.807, 2.05) is 0 Å². The number of rotatable bonds is 7. The van der Waals surface area contributed by atoms with Crippen molar-refractivity contribution in [2.75, 3.05) is 6.61 Å². The minimum Gasteiger partial charge on any atom is -0.449 e. The molecule has 0 aliphatic heterocycles. The van der Waals surface area contributed by atoms with E-state index < -0.39 is 29.1 Å². The molecule has 0 bridgehead atoms. The third-order valence-electron chi connectivity index (χ3n) is 7.66. The molecular weight excluding hydrogens is 492 g/mol. The van der Waals surface area contributed by atoms with E-state index in [1.165, 1.54) is 18.2 Å². The number of nitrogens with two attached hydrogens (primary N) is 1. The van der Waals surface area contributed by atoms with Gasteiger partial charge in [-0.15, -0.1) is 0 Å². The molecule has 1 atom stereocenters. The summed E-state index contributed by atoms with van der Waals surface area (Å²) in [5.41, 5.74) is 1.70. The molecule has 200 valence electrons. The molecule has 4 rings (SSSR count). The Balaban J connectivity index is 1.53. The Morgan fingerprint density at radius 3 is 2.11 bits per heavy atom. The number of hydrogen-bond donors (Lipinski definition) is 2. The van der Waals surface area contributed by atoms with Gasteiger partial charge >= 0.3 is 12.3 Å². The van der Waals surface area contributed by atoms with Gasteiger partial charge in [0.25, 0.3) is 5.91 Å². The first-order valence-electron chi connectivity index (χ1n) is 12.3. The fraction of sp³-hybridized carbons (Fsp3) is 0.481. The molecule has 0 radical (unpaired) electrons. The fourth-order valence-electron chi connectivity index (χ4n) is 5.26. The van der Waals surface area contributed by atoms with E-state index in [0.29, 0.717) is 38.2 Å². The van der Waals surface area contributed by atoms with Crippen LogP contribution in [0.3, 0.4) is 0 Å². The number of ether oxygens (including phenoxy) is 1. The van der Waals surface area contributed by atoms with Crippen LogP contribution in [0.15, 0.2) is 48.5 Å². The topological polar surface area (TPSA) is 92.9 Å². The van der Waals surface area contributed by atoms with Crippen molar-refractivity contribution in [2.24, 2.45) is 5.73 Å². The van der Waals surface area contributed by atoms with Gasteiger partial charge in [0.1, 0.15) is 12.4 Å². The maximum atomic E-state index is 14.8. The minimum atomic E-state index is -4.86. The molecule has 6 nitrogen and oxygen atoms in total. The Kier molecular flexibility index (Phi) is 7.25. The molecule has 2 aromatic rings. The molecule has 0 aromatic heterocycles. The van der Waals surface area contributed by atoms with E-state index in [2.05, 4.69) is 0 Å². The molecule has 2 aliphatic carbocycles. The van der Waals surface area contributed by atoms with Gasteiger partial charge in [0.15, 0.2) is 5.60 Å². The van der Waals surface area contributed by atoms with Crippen LogP contribution in [0.4, 0.5) is 22.4 Å². The van der Waals surface area contributed by atoms with Gasteiger partial charge in [0.05, 0.1) is 0 Å². The molecule has 10 heteroatoms. The zero-order chi connectivity index (χ0) is 27.0. The van der Waals surface area contributed by atoms with Gasteiger partial charge in [0.2, 0.25) is 0 Å². The molecule has 37 heavy (non-hydrogen) atoms. The van der Waals surface area contributed by atoms with Gasteiger partial charge in [-0.2, -0.15) is 13.2 Å². The van der Waals surface area contributed by atoms with Crippen LogP contribution in [0.5, 0.6) is 0 Å². The summed E-state index contributed by atoms with van der Waals surface area (Å²) in [7, 11) is 0. The Bertz CT molecular complexity index is 1140. The van der Waals surface area contributed by atoms with Crippen LogP contribution >= 0.6 is 0 Å². The number of primary amides is 1. The lowest BCUT2D eigenvalue weighted by Gasteiger charge is -2.43. The molecule has 2 saturated carbocycles. The highest BCUT2D eigenvalue weighted by molar-refractivity contribution is 5.95.